The highest BCUT2D eigenvalue weighted by Crippen LogP contribution is 2.18. The average Bonchev–Trinajstić information content (AvgIpc) is 2.37. The smallest absolute Gasteiger partial charge is 0.0270 e. The predicted octanol–water partition coefficient (Wildman–Crippen LogP) is 2.36. The first-order valence-corrected chi connectivity index (χ1v) is 7.28. The van der Waals surface area contributed by atoms with Crippen molar-refractivity contribution < 1.29 is 0 Å². The van der Waals surface area contributed by atoms with Gasteiger partial charge in [-0.15, -0.1) is 0 Å². The van der Waals surface area contributed by atoms with Crippen molar-refractivity contribution in [3.63, 3.8) is 0 Å². The Balaban J connectivity index is 1.58. The van der Waals surface area contributed by atoms with Gasteiger partial charge in [0, 0.05) is 12.4 Å². The largest absolute Gasteiger partial charge is 0.317 e. The number of nitrogens with one attached hydrogen (secondary N) is 1. The highest BCUT2D eigenvalue weighted by atomic mass is 32.2. The molecule has 0 atom stereocenters. The van der Waals surface area contributed by atoms with Crippen LogP contribution in [0.2, 0.25) is 0 Å². The van der Waals surface area contributed by atoms with E-state index in [0.29, 0.717) is 0 Å². The maximum Gasteiger partial charge on any atom is 0.0270 e. The molecule has 0 unspecified atom stereocenters. The van der Waals surface area contributed by atoms with Gasteiger partial charge in [-0.05, 0) is 67.5 Å². The Labute approximate surface area is 102 Å². The van der Waals surface area contributed by atoms with Gasteiger partial charge in [0.15, 0.2) is 0 Å². The SMILES string of the molecule is c1cc(CCSCC2CCNCC2)ccn1. The van der Waals surface area contributed by atoms with Gasteiger partial charge in [-0.2, -0.15) is 11.8 Å². The fraction of sp³-hybridized carbons (Fsp3) is 0.615. The molecule has 1 aliphatic rings. The third-order valence-corrected chi connectivity index (χ3v) is 4.30. The normalized spacial score (nSPS) is 17.5. The van der Waals surface area contributed by atoms with Crippen molar-refractivity contribution >= 4 is 11.8 Å². The second-order valence-electron chi connectivity index (χ2n) is 4.37. The molecule has 88 valence electrons. The Morgan fingerprint density at radius 3 is 2.75 bits per heavy atom. The number of hydrogen-bond acceptors (Lipinski definition) is 3. The molecule has 0 saturated carbocycles. The number of piperidine rings is 1. The summed E-state index contributed by atoms with van der Waals surface area (Å²) in [5.41, 5.74) is 1.41. The van der Waals surface area contributed by atoms with Crippen LogP contribution in [-0.4, -0.2) is 29.6 Å². The number of hydrogen-bond donors (Lipinski definition) is 1. The van der Waals surface area contributed by atoms with E-state index in [1.54, 1.807) is 0 Å². The molecule has 3 heteroatoms. The number of pyridine rings is 1. The molecule has 1 aliphatic heterocycles. The number of aryl methyl sites for hydroxylation is 1. The Morgan fingerprint density at radius 1 is 1.25 bits per heavy atom. The van der Waals surface area contributed by atoms with Gasteiger partial charge < -0.3 is 5.32 Å². The summed E-state index contributed by atoms with van der Waals surface area (Å²) in [6.45, 7) is 2.44. The molecular weight excluding hydrogens is 216 g/mol. The first-order valence-electron chi connectivity index (χ1n) is 6.12. The van der Waals surface area contributed by atoms with Crippen molar-refractivity contribution in [3.8, 4) is 0 Å². The summed E-state index contributed by atoms with van der Waals surface area (Å²) in [6, 6.07) is 4.23. The van der Waals surface area contributed by atoms with Crippen molar-refractivity contribution in [1.29, 1.82) is 0 Å². The molecule has 2 nitrogen and oxygen atoms in total. The van der Waals surface area contributed by atoms with Crippen LogP contribution in [0.15, 0.2) is 24.5 Å². The molecule has 0 radical (unpaired) electrons. The lowest BCUT2D eigenvalue weighted by Crippen LogP contribution is -2.28. The van der Waals surface area contributed by atoms with Crippen molar-refractivity contribution in [2.45, 2.75) is 19.3 Å². The van der Waals surface area contributed by atoms with E-state index in [-0.39, 0.29) is 0 Å². The molecule has 2 rings (SSSR count). The van der Waals surface area contributed by atoms with Gasteiger partial charge in [0.25, 0.3) is 0 Å². The van der Waals surface area contributed by atoms with Crippen molar-refractivity contribution in [2.24, 2.45) is 5.92 Å². The van der Waals surface area contributed by atoms with E-state index in [1.165, 1.54) is 49.4 Å². The van der Waals surface area contributed by atoms with Gasteiger partial charge in [0.2, 0.25) is 0 Å². The molecule has 1 aromatic heterocycles. The lowest BCUT2D eigenvalue weighted by atomic mass is 10.0. The van der Waals surface area contributed by atoms with Gasteiger partial charge in [0.05, 0.1) is 0 Å². The Bertz CT molecular complexity index is 283. The predicted molar refractivity (Wildman–Crippen MR) is 70.9 cm³/mol. The van der Waals surface area contributed by atoms with E-state index < -0.39 is 0 Å². The second kappa shape index (κ2) is 6.92. The van der Waals surface area contributed by atoms with E-state index in [4.69, 9.17) is 0 Å². The molecule has 0 aliphatic carbocycles. The van der Waals surface area contributed by atoms with Crippen LogP contribution < -0.4 is 5.32 Å². The number of aromatic nitrogens is 1. The van der Waals surface area contributed by atoms with Gasteiger partial charge >= 0.3 is 0 Å². The molecule has 0 bridgehead atoms. The Kier molecular flexibility index (Phi) is 5.16. The third kappa shape index (κ3) is 4.14. The summed E-state index contributed by atoms with van der Waals surface area (Å²) >= 11 is 2.11. The highest BCUT2D eigenvalue weighted by Gasteiger charge is 2.12. The van der Waals surface area contributed by atoms with E-state index in [2.05, 4.69) is 34.2 Å². The van der Waals surface area contributed by atoms with Gasteiger partial charge in [0.1, 0.15) is 0 Å². The topological polar surface area (TPSA) is 24.9 Å². The van der Waals surface area contributed by atoms with E-state index >= 15 is 0 Å². The maximum atomic E-state index is 4.03. The first kappa shape index (κ1) is 11.9. The van der Waals surface area contributed by atoms with Crippen LogP contribution in [0, 0.1) is 5.92 Å². The zero-order valence-corrected chi connectivity index (χ0v) is 10.5. The summed E-state index contributed by atoms with van der Waals surface area (Å²) in [4.78, 5) is 4.03. The summed E-state index contributed by atoms with van der Waals surface area (Å²) in [7, 11) is 0. The van der Waals surface area contributed by atoms with E-state index in [1.807, 2.05) is 12.4 Å². The van der Waals surface area contributed by atoms with Crippen LogP contribution in [-0.2, 0) is 6.42 Å². The van der Waals surface area contributed by atoms with E-state index in [0.717, 1.165) is 5.92 Å². The van der Waals surface area contributed by atoms with Crippen LogP contribution in [0.25, 0.3) is 0 Å². The van der Waals surface area contributed by atoms with Crippen LogP contribution in [0.5, 0.6) is 0 Å². The molecule has 1 fully saturated rings. The fourth-order valence-electron chi connectivity index (χ4n) is 2.04. The van der Waals surface area contributed by atoms with Gasteiger partial charge in [-0.1, -0.05) is 0 Å². The molecule has 0 amide bonds. The summed E-state index contributed by atoms with van der Waals surface area (Å²) < 4.78 is 0. The van der Waals surface area contributed by atoms with Crippen LogP contribution in [0.1, 0.15) is 18.4 Å². The van der Waals surface area contributed by atoms with Crippen LogP contribution >= 0.6 is 11.8 Å². The Hall–Kier alpha value is -0.540. The number of nitrogens with zero attached hydrogens (tertiary/aromatic N) is 1. The van der Waals surface area contributed by atoms with Crippen LogP contribution in [0.3, 0.4) is 0 Å². The third-order valence-electron chi connectivity index (χ3n) is 3.10. The quantitative estimate of drug-likeness (QED) is 0.794. The molecule has 0 aromatic carbocycles. The monoisotopic (exact) mass is 236 g/mol. The molecule has 1 aromatic rings. The minimum atomic E-state index is 0.948. The molecule has 1 saturated heterocycles. The lowest BCUT2D eigenvalue weighted by Gasteiger charge is -2.21. The zero-order chi connectivity index (χ0) is 11.1. The molecule has 1 N–H and O–H groups in total. The molecule has 2 heterocycles. The Morgan fingerprint density at radius 2 is 2.00 bits per heavy atom. The minimum Gasteiger partial charge on any atom is -0.317 e. The van der Waals surface area contributed by atoms with Crippen molar-refractivity contribution in [2.75, 3.05) is 24.6 Å². The van der Waals surface area contributed by atoms with E-state index in [9.17, 15) is 0 Å². The van der Waals surface area contributed by atoms with Crippen molar-refractivity contribution in [1.82, 2.24) is 10.3 Å². The minimum absolute atomic E-state index is 0.948. The summed E-state index contributed by atoms with van der Waals surface area (Å²) in [5, 5.41) is 3.41. The first-order chi connectivity index (χ1) is 7.95. The standard InChI is InChI=1S/C13H20N2S/c1-6-14-7-2-12(1)5-10-16-11-13-3-8-15-9-4-13/h1-2,6-7,13,15H,3-5,8-11H2. The van der Waals surface area contributed by atoms with Crippen molar-refractivity contribution in [3.05, 3.63) is 30.1 Å². The molecular formula is C13H20N2S. The summed E-state index contributed by atoms with van der Waals surface area (Å²) in [5.74, 6) is 3.53. The number of thioether (sulfide) groups is 1. The number of rotatable bonds is 5. The lowest BCUT2D eigenvalue weighted by molar-refractivity contribution is 0.408. The highest BCUT2D eigenvalue weighted by molar-refractivity contribution is 7.99. The van der Waals surface area contributed by atoms with Gasteiger partial charge in [-0.3, -0.25) is 4.98 Å². The van der Waals surface area contributed by atoms with Crippen LogP contribution in [0.4, 0.5) is 0 Å². The van der Waals surface area contributed by atoms with Gasteiger partial charge in [-0.25, -0.2) is 0 Å². The second-order valence-corrected chi connectivity index (χ2v) is 5.52. The zero-order valence-electron chi connectivity index (χ0n) is 9.69. The fourth-order valence-corrected chi connectivity index (χ4v) is 3.25. The molecule has 16 heavy (non-hydrogen) atoms. The molecule has 0 spiro atoms. The maximum absolute atomic E-state index is 4.03. The average molecular weight is 236 g/mol. The summed E-state index contributed by atoms with van der Waals surface area (Å²) in [6.07, 6.45) is 7.67.